The topological polar surface area (TPSA) is 42.2 Å². The van der Waals surface area contributed by atoms with Gasteiger partial charge in [-0.15, -0.1) is 0 Å². The molecular formula is C20H23NO2. The van der Waals surface area contributed by atoms with Crippen molar-refractivity contribution in [2.24, 2.45) is 0 Å². The SMILES string of the molecule is COc1cccc(OCCC(C#N)c2ccc(C(C)C)cc2)c1. The standard InChI is InChI=1S/C20H23NO2/c1-15(2)16-7-9-17(10-8-16)18(14-21)11-12-23-20-6-4-5-19(13-20)22-3/h4-10,13,15,18H,11-12H2,1-3H3. The molecule has 0 aliphatic carbocycles. The molecule has 23 heavy (non-hydrogen) atoms. The molecule has 0 radical (unpaired) electrons. The summed E-state index contributed by atoms with van der Waals surface area (Å²) in [7, 11) is 1.63. The first kappa shape index (κ1) is 16.9. The molecule has 2 aromatic rings. The number of benzene rings is 2. The highest BCUT2D eigenvalue weighted by Gasteiger charge is 2.11. The Kier molecular flexibility index (Phi) is 6.05. The predicted molar refractivity (Wildman–Crippen MR) is 92.0 cm³/mol. The number of hydrogen-bond acceptors (Lipinski definition) is 3. The van der Waals surface area contributed by atoms with Gasteiger partial charge in [-0.2, -0.15) is 5.26 Å². The van der Waals surface area contributed by atoms with Gasteiger partial charge in [-0.1, -0.05) is 44.2 Å². The third-order valence-corrected chi connectivity index (χ3v) is 3.88. The fraction of sp³-hybridized carbons (Fsp3) is 0.350. The Morgan fingerprint density at radius 3 is 2.26 bits per heavy atom. The third-order valence-electron chi connectivity index (χ3n) is 3.88. The summed E-state index contributed by atoms with van der Waals surface area (Å²) in [5, 5.41) is 9.41. The second-order valence-corrected chi connectivity index (χ2v) is 5.82. The van der Waals surface area contributed by atoms with Gasteiger partial charge in [0, 0.05) is 12.5 Å². The fourth-order valence-electron chi connectivity index (χ4n) is 2.40. The Morgan fingerprint density at radius 2 is 1.65 bits per heavy atom. The summed E-state index contributed by atoms with van der Waals surface area (Å²) in [6.45, 7) is 4.83. The van der Waals surface area contributed by atoms with Gasteiger partial charge in [0.05, 0.1) is 25.7 Å². The molecule has 0 fully saturated rings. The minimum Gasteiger partial charge on any atom is -0.497 e. The van der Waals surface area contributed by atoms with E-state index < -0.39 is 0 Å². The molecule has 3 nitrogen and oxygen atoms in total. The zero-order chi connectivity index (χ0) is 16.7. The van der Waals surface area contributed by atoms with Crippen LogP contribution in [-0.4, -0.2) is 13.7 Å². The summed E-state index contributed by atoms with van der Waals surface area (Å²) in [5.41, 5.74) is 2.34. The van der Waals surface area contributed by atoms with Crippen molar-refractivity contribution >= 4 is 0 Å². The number of rotatable bonds is 7. The van der Waals surface area contributed by atoms with E-state index in [0.717, 1.165) is 17.1 Å². The highest BCUT2D eigenvalue weighted by Crippen LogP contribution is 2.24. The Hall–Kier alpha value is -2.47. The summed E-state index contributed by atoms with van der Waals surface area (Å²) in [6.07, 6.45) is 0.661. The lowest BCUT2D eigenvalue weighted by Gasteiger charge is -2.13. The van der Waals surface area contributed by atoms with Gasteiger partial charge in [0.2, 0.25) is 0 Å². The Bertz CT molecular complexity index is 656. The van der Waals surface area contributed by atoms with Gasteiger partial charge >= 0.3 is 0 Å². The first-order chi connectivity index (χ1) is 11.1. The molecule has 0 saturated heterocycles. The molecule has 0 aliphatic heterocycles. The first-order valence-corrected chi connectivity index (χ1v) is 7.90. The lowest BCUT2D eigenvalue weighted by atomic mass is 9.94. The minimum atomic E-state index is -0.151. The maximum atomic E-state index is 9.41. The van der Waals surface area contributed by atoms with E-state index in [1.165, 1.54) is 5.56 Å². The average molecular weight is 309 g/mol. The van der Waals surface area contributed by atoms with Crippen LogP contribution >= 0.6 is 0 Å². The van der Waals surface area contributed by atoms with Crippen molar-refractivity contribution in [1.82, 2.24) is 0 Å². The van der Waals surface area contributed by atoms with Crippen LogP contribution in [0.25, 0.3) is 0 Å². The number of nitrogens with zero attached hydrogens (tertiary/aromatic N) is 1. The summed E-state index contributed by atoms with van der Waals surface area (Å²) >= 11 is 0. The average Bonchev–Trinajstić information content (AvgIpc) is 2.59. The largest absolute Gasteiger partial charge is 0.497 e. The van der Waals surface area contributed by atoms with Crippen LogP contribution in [0.2, 0.25) is 0 Å². The van der Waals surface area contributed by atoms with Crippen molar-refractivity contribution < 1.29 is 9.47 Å². The molecule has 2 rings (SSSR count). The molecule has 1 atom stereocenters. The molecule has 0 N–H and O–H groups in total. The van der Waals surface area contributed by atoms with Gasteiger partial charge < -0.3 is 9.47 Å². The van der Waals surface area contributed by atoms with Crippen molar-refractivity contribution in [2.75, 3.05) is 13.7 Å². The van der Waals surface area contributed by atoms with E-state index in [1.54, 1.807) is 7.11 Å². The van der Waals surface area contributed by atoms with E-state index >= 15 is 0 Å². The highest BCUT2D eigenvalue weighted by molar-refractivity contribution is 5.33. The molecule has 0 bridgehead atoms. The van der Waals surface area contributed by atoms with Gasteiger partial charge in [0.25, 0.3) is 0 Å². The van der Waals surface area contributed by atoms with Crippen LogP contribution in [0, 0.1) is 11.3 Å². The normalized spacial score (nSPS) is 11.8. The van der Waals surface area contributed by atoms with Crippen LogP contribution < -0.4 is 9.47 Å². The summed E-state index contributed by atoms with van der Waals surface area (Å²) in [5.74, 6) is 1.88. The van der Waals surface area contributed by atoms with Crippen LogP contribution in [0.4, 0.5) is 0 Å². The lowest BCUT2D eigenvalue weighted by Crippen LogP contribution is -2.05. The van der Waals surface area contributed by atoms with Gasteiger partial charge in [-0.25, -0.2) is 0 Å². The summed E-state index contributed by atoms with van der Waals surface area (Å²) in [6, 6.07) is 18.2. The van der Waals surface area contributed by atoms with Gasteiger partial charge in [-0.05, 0) is 29.2 Å². The van der Waals surface area contributed by atoms with Crippen molar-refractivity contribution in [3.8, 4) is 17.6 Å². The molecular weight excluding hydrogens is 286 g/mol. The first-order valence-electron chi connectivity index (χ1n) is 7.90. The van der Waals surface area contributed by atoms with Crippen LogP contribution in [0.1, 0.15) is 43.2 Å². The van der Waals surface area contributed by atoms with E-state index in [2.05, 4.69) is 44.2 Å². The van der Waals surface area contributed by atoms with Crippen molar-refractivity contribution in [3.63, 3.8) is 0 Å². The van der Waals surface area contributed by atoms with Gasteiger partial charge in [0.15, 0.2) is 0 Å². The quantitative estimate of drug-likeness (QED) is 0.731. The second-order valence-electron chi connectivity index (χ2n) is 5.82. The number of hydrogen-bond donors (Lipinski definition) is 0. The molecule has 0 aromatic heterocycles. The van der Waals surface area contributed by atoms with E-state index in [-0.39, 0.29) is 5.92 Å². The number of methoxy groups -OCH3 is 1. The molecule has 0 saturated carbocycles. The second kappa shape index (κ2) is 8.24. The highest BCUT2D eigenvalue weighted by atomic mass is 16.5. The van der Waals surface area contributed by atoms with Crippen molar-refractivity contribution in [2.45, 2.75) is 32.1 Å². The summed E-state index contributed by atoms with van der Waals surface area (Å²) in [4.78, 5) is 0. The number of nitriles is 1. The molecule has 0 heterocycles. The zero-order valence-corrected chi connectivity index (χ0v) is 14.0. The van der Waals surface area contributed by atoms with Crippen molar-refractivity contribution in [1.29, 1.82) is 5.26 Å². The van der Waals surface area contributed by atoms with Crippen molar-refractivity contribution in [3.05, 3.63) is 59.7 Å². The van der Waals surface area contributed by atoms with Crippen LogP contribution in [0.5, 0.6) is 11.5 Å². The molecule has 2 aromatic carbocycles. The van der Waals surface area contributed by atoms with E-state index in [1.807, 2.05) is 24.3 Å². The van der Waals surface area contributed by atoms with Gasteiger partial charge in [-0.3, -0.25) is 0 Å². The molecule has 0 amide bonds. The van der Waals surface area contributed by atoms with Crippen LogP contribution in [0.15, 0.2) is 48.5 Å². The Labute approximate surface area is 138 Å². The molecule has 3 heteroatoms. The smallest absolute Gasteiger partial charge is 0.122 e. The third kappa shape index (κ3) is 4.75. The van der Waals surface area contributed by atoms with E-state index in [9.17, 15) is 5.26 Å². The maximum absolute atomic E-state index is 9.41. The molecule has 0 aliphatic rings. The predicted octanol–water partition coefficient (Wildman–Crippen LogP) is 4.89. The minimum absolute atomic E-state index is 0.151. The lowest BCUT2D eigenvalue weighted by molar-refractivity contribution is 0.303. The van der Waals surface area contributed by atoms with Gasteiger partial charge in [0.1, 0.15) is 11.5 Å². The Balaban J connectivity index is 1.93. The maximum Gasteiger partial charge on any atom is 0.122 e. The van der Waals surface area contributed by atoms with Crippen LogP contribution in [0.3, 0.4) is 0 Å². The molecule has 120 valence electrons. The number of ether oxygens (including phenoxy) is 2. The zero-order valence-electron chi connectivity index (χ0n) is 14.0. The fourth-order valence-corrected chi connectivity index (χ4v) is 2.40. The molecule has 1 unspecified atom stereocenters. The van der Waals surface area contributed by atoms with Crippen LogP contribution in [-0.2, 0) is 0 Å². The molecule has 0 spiro atoms. The van der Waals surface area contributed by atoms with E-state index in [0.29, 0.717) is 18.9 Å². The monoisotopic (exact) mass is 309 g/mol. The Morgan fingerprint density at radius 1 is 1.00 bits per heavy atom. The summed E-state index contributed by atoms with van der Waals surface area (Å²) < 4.78 is 10.9. The van der Waals surface area contributed by atoms with E-state index in [4.69, 9.17) is 9.47 Å².